The summed E-state index contributed by atoms with van der Waals surface area (Å²) in [5, 5.41) is 5.09. The summed E-state index contributed by atoms with van der Waals surface area (Å²) in [5.41, 5.74) is 10.8. The van der Waals surface area contributed by atoms with Crippen LogP contribution >= 0.6 is 11.5 Å². The van der Waals surface area contributed by atoms with Crippen molar-refractivity contribution in [3.05, 3.63) is 66.7 Å². The largest absolute Gasteiger partial charge is 0.493 e. The molecular formula is C26H22N4O4S. The molecule has 2 N–H and O–H groups in total. The van der Waals surface area contributed by atoms with E-state index in [1.807, 2.05) is 66.7 Å². The van der Waals surface area contributed by atoms with E-state index in [9.17, 15) is 0 Å². The number of nitrogens with zero attached hydrogens (tertiary/aromatic N) is 3. The highest BCUT2D eigenvalue weighted by molar-refractivity contribution is 7.09. The lowest BCUT2D eigenvalue weighted by Crippen LogP contribution is -1.95. The lowest BCUT2D eigenvalue weighted by atomic mass is 10.1. The lowest BCUT2D eigenvalue weighted by Gasteiger charge is -2.12. The SMILES string of the molecule is COc1cc(-c2cc(-c3ccc(-c4nsc(-c5ccc(N)cc5)n4)cc3)no2)cc(OC)c1OC. The molecule has 0 aliphatic heterocycles. The van der Waals surface area contributed by atoms with Crippen molar-refractivity contribution < 1.29 is 18.7 Å². The van der Waals surface area contributed by atoms with Crippen LogP contribution in [0.1, 0.15) is 0 Å². The Balaban J connectivity index is 1.39. The number of benzene rings is 3. The van der Waals surface area contributed by atoms with Gasteiger partial charge in [-0.15, -0.1) is 0 Å². The maximum Gasteiger partial charge on any atom is 0.203 e. The van der Waals surface area contributed by atoms with E-state index in [1.54, 1.807) is 21.3 Å². The number of nitrogens with two attached hydrogens (primary N) is 1. The molecule has 0 aliphatic carbocycles. The van der Waals surface area contributed by atoms with Gasteiger partial charge in [0, 0.05) is 34.0 Å². The molecule has 5 rings (SSSR count). The summed E-state index contributed by atoms with van der Waals surface area (Å²) in [6.07, 6.45) is 0. The first-order valence-corrected chi connectivity index (χ1v) is 11.4. The zero-order valence-electron chi connectivity index (χ0n) is 19.3. The fraction of sp³-hybridized carbons (Fsp3) is 0.115. The zero-order chi connectivity index (χ0) is 24.4. The van der Waals surface area contributed by atoms with Crippen molar-refractivity contribution in [2.45, 2.75) is 0 Å². The molecule has 8 nitrogen and oxygen atoms in total. The Hall–Kier alpha value is -4.37. The normalized spacial score (nSPS) is 10.8. The van der Waals surface area contributed by atoms with E-state index in [4.69, 9.17) is 24.5 Å². The number of aromatic nitrogens is 3. The summed E-state index contributed by atoms with van der Waals surface area (Å²) in [6.45, 7) is 0. The third-order valence-electron chi connectivity index (χ3n) is 5.48. The van der Waals surface area contributed by atoms with E-state index in [2.05, 4.69) is 14.5 Å². The molecule has 0 aliphatic rings. The van der Waals surface area contributed by atoms with Gasteiger partial charge in [0.15, 0.2) is 23.1 Å². The quantitative estimate of drug-likeness (QED) is 0.288. The van der Waals surface area contributed by atoms with Crippen LogP contribution < -0.4 is 19.9 Å². The topological polar surface area (TPSA) is 106 Å². The van der Waals surface area contributed by atoms with Crippen molar-refractivity contribution in [3.63, 3.8) is 0 Å². The van der Waals surface area contributed by atoms with E-state index in [0.717, 1.165) is 32.9 Å². The third-order valence-corrected chi connectivity index (χ3v) is 6.25. The Bertz CT molecular complexity index is 1430. The van der Waals surface area contributed by atoms with Gasteiger partial charge in [0.25, 0.3) is 0 Å². The molecule has 0 spiro atoms. The fourth-order valence-corrected chi connectivity index (χ4v) is 4.33. The molecule has 0 saturated carbocycles. The average molecular weight is 487 g/mol. The highest BCUT2D eigenvalue weighted by atomic mass is 32.1. The van der Waals surface area contributed by atoms with E-state index in [1.165, 1.54) is 11.5 Å². The van der Waals surface area contributed by atoms with Crippen molar-refractivity contribution in [2.24, 2.45) is 0 Å². The van der Waals surface area contributed by atoms with Gasteiger partial charge in [0.2, 0.25) is 5.75 Å². The molecule has 5 aromatic rings. The molecule has 0 atom stereocenters. The highest BCUT2D eigenvalue weighted by Crippen LogP contribution is 2.41. The van der Waals surface area contributed by atoms with E-state index in [-0.39, 0.29) is 0 Å². The molecule has 3 aromatic carbocycles. The minimum absolute atomic E-state index is 0.518. The van der Waals surface area contributed by atoms with Gasteiger partial charge >= 0.3 is 0 Å². The van der Waals surface area contributed by atoms with Crippen LogP contribution in [0.4, 0.5) is 5.69 Å². The molecule has 0 fully saturated rings. The van der Waals surface area contributed by atoms with E-state index in [0.29, 0.717) is 34.5 Å². The molecule has 0 bridgehead atoms. The Morgan fingerprint density at radius 2 is 1.37 bits per heavy atom. The van der Waals surface area contributed by atoms with Crippen molar-refractivity contribution in [1.29, 1.82) is 0 Å². The van der Waals surface area contributed by atoms with Crippen molar-refractivity contribution in [3.8, 4) is 61.8 Å². The second-order valence-electron chi connectivity index (χ2n) is 7.61. The molecule has 2 heterocycles. The van der Waals surface area contributed by atoms with Gasteiger partial charge in [-0.1, -0.05) is 29.4 Å². The van der Waals surface area contributed by atoms with Gasteiger partial charge in [-0.25, -0.2) is 4.98 Å². The standard InChI is InChI=1S/C26H22N4O4S/c1-31-22-12-18(13-23(32-2)24(22)33-3)21-14-20(29-34-21)15-4-6-16(7-5-15)25-28-26(35-30-25)17-8-10-19(27)11-9-17/h4-14H,27H2,1-3H3. The second-order valence-corrected chi connectivity index (χ2v) is 8.36. The summed E-state index contributed by atoms with van der Waals surface area (Å²) in [5.74, 6) is 2.85. The Kier molecular flexibility index (Phi) is 6.07. The van der Waals surface area contributed by atoms with Crippen molar-refractivity contribution >= 4 is 17.2 Å². The average Bonchev–Trinajstić information content (AvgIpc) is 3.59. The van der Waals surface area contributed by atoms with Gasteiger partial charge in [-0.05, 0) is 47.9 Å². The smallest absolute Gasteiger partial charge is 0.203 e. The number of ether oxygens (including phenoxy) is 3. The summed E-state index contributed by atoms with van der Waals surface area (Å²) in [4.78, 5) is 4.67. The molecule has 0 amide bonds. The summed E-state index contributed by atoms with van der Waals surface area (Å²) < 4.78 is 26.4. The Labute approximate surface area is 206 Å². The number of anilines is 1. The van der Waals surface area contributed by atoms with Gasteiger partial charge in [-0.2, -0.15) is 4.37 Å². The molecule has 176 valence electrons. The Morgan fingerprint density at radius 1 is 0.743 bits per heavy atom. The van der Waals surface area contributed by atoms with Crippen LogP contribution in [-0.4, -0.2) is 35.8 Å². The predicted octanol–water partition coefficient (Wildman–Crippen LogP) is 5.80. The van der Waals surface area contributed by atoms with Crippen LogP contribution in [-0.2, 0) is 0 Å². The maximum atomic E-state index is 5.77. The van der Waals surface area contributed by atoms with Crippen LogP contribution in [0.2, 0.25) is 0 Å². The molecule has 35 heavy (non-hydrogen) atoms. The van der Waals surface area contributed by atoms with Crippen LogP contribution in [0.25, 0.3) is 44.5 Å². The molecular weight excluding hydrogens is 464 g/mol. The molecule has 2 aromatic heterocycles. The lowest BCUT2D eigenvalue weighted by molar-refractivity contribution is 0.324. The predicted molar refractivity (Wildman–Crippen MR) is 136 cm³/mol. The first-order valence-electron chi connectivity index (χ1n) is 10.7. The highest BCUT2D eigenvalue weighted by Gasteiger charge is 2.17. The van der Waals surface area contributed by atoms with Gasteiger partial charge in [0.05, 0.1) is 21.3 Å². The maximum absolute atomic E-state index is 5.77. The molecule has 0 unspecified atom stereocenters. The summed E-state index contributed by atoms with van der Waals surface area (Å²) in [7, 11) is 4.71. The summed E-state index contributed by atoms with van der Waals surface area (Å²) >= 11 is 1.35. The zero-order valence-corrected chi connectivity index (χ0v) is 20.1. The van der Waals surface area contributed by atoms with Crippen LogP contribution in [0.3, 0.4) is 0 Å². The monoisotopic (exact) mass is 486 g/mol. The number of methoxy groups -OCH3 is 3. The number of hydrogen-bond donors (Lipinski definition) is 1. The van der Waals surface area contributed by atoms with E-state index >= 15 is 0 Å². The molecule has 9 heteroatoms. The number of hydrogen-bond acceptors (Lipinski definition) is 9. The first kappa shape index (κ1) is 22.4. The van der Waals surface area contributed by atoms with Gasteiger partial charge in [-0.3, -0.25) is 0 Å². The number of rotatable bonds is 7. The minimum Gasteiger partial charge on any atom is -0.493 e. The van der Waals surface area contributed by atoms with Crippen molar-refractivity contribution in [1.82, 2.24) is 14.5 Å². The molecule has 0 saturated heterocycles. The van der Waals surface area contributed by atoms with Crippen LogP contribution in [0.5, 0.6) is 17.2 Å². The fourth-order valence-electron chi connectivity index (χ4n) is 3.64. The van der Waals surface area contributed by atoms with Crippen LogP contribution in [0, 0.1) is 0 Å². The van der Waals surface area contributed by atoms with Crippen molar-refractivity contribution in [2.75, 3.05) is 27.1 Å². The summed E-state index contributed by atoms with van der Waals surface area (Å²) in [6, 6.07) is 21.0. The molecule has 0 radical (unpaired) electrons. The minimum atomic E-state index is 0.518. The third kappa shape index (κ3) is 4.41. The number of nitrogen functional groups attached to an aromatic ring is 1. The van der Waals surface area contributed by atoms with Gasteiger partial charge in [0.1, 0.15) is 10.7 Å². The first-order chi connectivity index (χ1) is 17.1. The van der Waals surface area contributed by atoms with Gasteiger partial charge < -0.3 is 24.5 Å². The Morgan fingerprint density at radius 3 is 2.00 bits per heavy atom. The van der Waals surface area contributed by atoms with E-state index < -0.39 is 0 Å². The second kappa shape index (κ2) is 9.47. The van der Waals surface area contributed by atoms with Crippen LogP contribution in [0.15, 0.2) is 71.3 Å².